The Morgan fingerprint density at radius 1 is 1.18 bits per heavy atom. The summed E-state index contributed by atoms with van der Waals surface area (Å²) in [5.41, 5.74) is 2.03. The van der Waals surface area contributed by atoms with Crippen molar-refractivity contribution in [2.45, 2.75) is 13.8 Å². The maximum atomic E-state index is 6.05. The van der Waals surface area contributed by atoms with E-state index in [1.807, 2.05) is 18.2 Å². The van der Waals surface area contributed by atoms with Crippen molar-refractivity contribution >= 4 is 44.7 Å². The predicted molar refractivity (Wildman–Crippen MR) is 87.7 cm³/mol. The van der Waals surface area contributed by atoms with Crippen LogP contribution in [0.4, 0.5) is 11.5 Å². The minimum atomic E-state index is 0.233. The summed E-state index contributed by atoms with van der Waals surface area (Å²) in [6, 6.07) is 5.68. The summed E-state index contributed by atoms with van der Waals surface area (Å²) in [6.45, 7) is 4.39. The van der Waals surface area contributed by atoms with E-state index < -0.39 is 0 Å². The first-order valence-corrected chi connectivity index (χ1v) is 7.91. The highest BCUT2D eigenvalue weighted by molar-refractivity contribution is 7.18. The van der Waals surface area contributed by atoms with Crippen LogP contribution in [0.2, 0.25) is 5.28 Å². The van der Waals surface area contributed by atoms with Crippen molar-refractivity contribution in [3.8, 4) is 11.5 Å². The Labute approximate surface area is 135 Å². The molecular formula is C15H12ClN3O2S. The second kappa shape index (κ2) is 5.00. The molecule has 112 valence electrons. The highest BCUT2D eigenvalue weighted by atomic mass is 35.5. The molecule has 0 unspecified atom stereocenters. The highest BCUT2D eigenvalue weighted by Gasteiger charge is 2.16. The number of nitrogens with one attached hydrogen (secondary N) is 1. The van der Waals surface area contributed by atoms with Crippen LogP contribution in [-0.4, -0.2) is 16.8 Å². The van der Waals surface area contributed by atoms with Gasteiger partial charge in [-0.3, -0.25) is 0 Å². The number of anilines is 2. The standard InChI is InChI=1S/C15H12ClN3O2S/c1-7-8(2)22-14-12(7)13(18-15(16)19-14)17-9-3-4-10-11(5-9)21-6-20-10/h3-5H,6H2,1-2H3,(H,17,18,19). The average molecular weight is 334 g/mol. The second-order valence-corrected chi connectivity index (χ2v) is 6.54. The number of hydrogen-bond acceptors (Lipinski definition) is 6. The Hall–Kier alpha value is -2.05. The molecule has 2 aromatic heterocycles. The Balaban J connectivity index is 1.81. The molecule has 0 aliphatic carbocycles. The van der Waals surface area contributed by atoms with Crippen LogP contribution >= 0.6 is 22.9 Å². The van der Waals surface area contributed by atoms with Crippen LogP contribution < -0.4 is 14.8 Å². The Kier molecular flexibility index (Phi) is 3.09. The van der Waals surface area contributed by atoms with Crippen molar-refractivity contribution in [1.82, 2.24) is 9.97 Å². The van der Waals surface area contributed by atoms with Crippen molar-refractivity contribution < 1.29 is 9.47 Å². The van der Waals surface area contributed by atoms with Crippen LogP contribution in [0.25, 0.3) is 10.2 Å². The van der Waals surface area contributed by atoms with E-state index in [9.17, 15) is 0 Å². The van der Waals surface area contributed by atoms with Crippen LogP contribution in [0.3, 0.4) is 0 Å². The van der Waals surface area contributed by atoms with Gasteiger partial charge in [-0.05, 0) is 43.1 Å². The van der Waals surface area contributed by atoms with Crippen molar-refractivity contribution in [1.29, 1.82) is 0 Å². The van der Waals surface area contributed by atoms with E-state index in [-0.39, 0.29) is 12.1 Å². The lowest BCUT2D eigenvalue weighted by Gasteiger charge is -2.08. The molecule has 3 heterocycles. The van der Waals surface area contributed by atoms with Crippen LogP contribution in [0.1, 0.15) is 10.4 Å². The number of halogens is 1. The fourth-order valence-corrected chi connectivity index (χ4v) is 3.67. The third-order valence-electron chi connectivity index (χ3n) is 3.64. The van der Waals surface area contributed by atoms with Crippen molar-refractivity contribution in [3.05, 3.63) is 33.9 Å². The number of ether oxygens (including phenoxy) is 2. The predicted octanol–water partition coefficient (Wildman–Crippen LogP) is 4.43. The zero-order valence-electron chi connectivity index (χ0n) is 11.9. The molecule has 22 heavy (non-hydrogen) atoms. The molecule has 4 rings (SSSR count). The van der Waals surface area contributed by atoms with Crippen LogP contribution in [0, 0.1) is 13.8 Å². The molecule has 1 aliphatic rings. The summed E-state index contributed by atoms with van der Waals surface area (Å²) in [7, 11) is 0. The van der Waals surface area contributed by atoms with Gasteiger partial charge in [0.25, 0.3) is 0 Å². The molecular weight excluding hydrogens is 322 g/mol. The molecule has 1 N–H and O–H groups in total. The van der Waals surface area contributed by atoms with E-state index in [4.69, 9.17) is 21.1 Å². The van der Waals surface area contributed by atoms with Crippen molar-refractivity contribution in [2.75, 3.05) is 12.1 Å². The number of fused-ring (bicyclic) bond motifs is 2. The van der Waals surface area contributed by atoms with Gasteiger partial charge in [0.15, 0.2) is 11.5 Å². The van der Waals surface area contributed by atoms with Gasteiger partial charge in [-0.25, -0.2) is 4.98 Å². The molecule has 0 radical (unpaired) electrons. The topological polar surface area (TPSA) is 56.3 Å². The largest absolute Gasteiger partial charge is 0.454 e. The molecule has 0 bridgehead atoms. The fourth-order valence-electron chi connectivity index (χ4n) is 2.43. The monoisotopic (exact) mass is 333 g/mol. The Morgan fingerprint density at radius 2 is 2.00 bits per heavy atom. The number of nitrogens with zero attached hydrogens (tertiary/aromatic N) is 2. The lowest BCUT2D eigenvalue weighted by Crippen LogP contribution is -1.97. The average Bonchev–Trinajstić information content (AvgIpc) is 3.03. The quantitative estimate of drug-likeness (QED) is 0.703. The number of aryl methyl sites for hydroxylation is 2. The maximum Gasteiger partial charge on any atom is 0.231 e. The van der Waals surface area contributed by atoms with Crippen LogP contribution in [0.15, 0.2) is 18.2 Å². The van der Waals surface area contributed by atoms with Gasteiger partial charge in [-0.15, -0.1) is 11.3 Å². The van der Waals surface area contributed by atoms with E-state index in [1.54, 1.807) is 11.3 Å². The third-order valence-corrected chi connectivity index (χ3v) is 4.91. The molecule has 5 nitrogen and oxygen atoms in total. The first kappa shape index (κ1) is 13.6. The summed E-state index contributed by atoms with van der Waals surface area (Å²) >= 11 is 7.66. The summed E-state index contributed by atoms with van der Waals surface area (Å²) in [4.78, 5) is 10.7. The fraction of sp³-hybridized carbons (Fsp3) is 0.200. The molecule has 0 atom stereocenters. The molecule has 0 spiro atoms. The zero-order chi connectivity index (χ0) is 15.3. The number of aromatic nitrogens is 2. The summed E-state index contributed by atoms with van der Waals surface area (Å²) in [5.74, 6) is 2.18. The first-order valence-electron chi connectivity index (χ1n) is 6.72. The molecule has 1 aromatic carbocycles. The molecule has 7 heteroatoms. The van der Waals surface area contributed by atoms with Gasteiger partial charge in [-0.1, -0.05) is 0 Å². The number of rotatable bonds is 2. The van der Waals surface area contributed by atoms with E-state index >= 15 is 0 Å². The molecule has 0 saturated carbocycles. The SMILES string of the molecule is Cc1sc2nc(Cl)nc(Nc3ccc4c(c3)OCO4)c2c1C. The zero-order valence-corrected chi connectivity index (χ0v) is 13.5. The number of benzene rings is 1. The highest BCUT2D eigenvalue weighted by Crippen LogP contribution is 2.38. The van der Waals surface area contributed by atoms with E-state index in [1.165, 1.54) is 10.4 Å². The lowest BCUT2D eigenvalue weighted by molar-refractivity contribution is 0.174. The van der Waals surface area contributed by atoms with E-state index in [0.29, 0.717) is 5.82 Å². The van der Waals surface area contributed by atoms with Gasteiger partial charge in [0, 0.05) is 16.6 Å². The lowest BCUT2D eigenvalue weighted by atomic mass is 10.2. The van der Waals surface area contributed by atoms with Gasteiger partial charge in [0.1, 0.15) is 10.6 Å². The second-order valence-electron chi connectivity index (χ2n) is 5.00. The summed E-state index contributed by atoms with van der Waals surface area (Å²) < 4.78 is 10.7. The van der Waals surface area contributed by atoms with Crippen molar-refractivity contribution in [2.24, 2.45) is 0 Å². The Bertz CT molecular complexity index is 894. The molecule has 3 aromatic rings. The van der Waals surface area contributed by atoms with Gasteiger partial charge in [0.2, 0.25) is 12.1 Å². The van der Waals surface area contributed by atoms with Gasteiger partial charge in [-0.2, -0.15) is 4.98 Å². The number of hydrogen-bond donors (Lipinski definition) is 1. The third kappa shape index (κ3) is 2.15. The molecule has 0 amide bonds. The minimum Gasteiger partial charge on any atom is -0.454 e. The van der Waals surface area contributed by atoms with E-state index in [0.717, 1.165) is 27.4 Å². The van der Waals surface area contributed by atoms with Gasteiger partial charge in [0.05, 0.1) is 5.39 Å². The Morgan fingerprint density at radius 3 is 2.86 bits per heavy atom. The van der Waals surface area contributed by atoms with Crippen molar-refractivity contribution in [3.63, 3.8) is 0 Å². The normalized spacial score (nSPS) is 12.9. The molecule has 0 saturated heterocycles. The van der Waals surface area contributed by atoms with Crippen LogP contribution in [-0.2, 0) is 0 Å². The first-order chi connectivity index (χ1) is 10.6. The minimum absolute atomic E-state index is 0.233. The summed E-state index contributed by atoms with van der Waals surface area (Å²) in [6.07, 6.45) is 0. The smallest absolute Gasteiger partial charge is 0.231 e. The van der Waals surface area contributed by atoms with Gasteiger partial charge >= 0.3 is 0 Å². The van der Waals surface area contributed by atoms with Gasteiger partial charge < -0.3 is 14.8 Å². The number of thiophene rings is 1. The maximum absolute atomic E-state index is 6.05. The van der Waals surface area contributed by atoms with Crippen LogP contribution in [0.5, 0.6) is 11.5 Å². The molecule has 1 aliphatic heterocycles. The molecule has 0 fully saturated rings. The summed E-state index contributed by atoms with van der Waals surface area (Å²) in [5, 5.41) is 4.54. The van der Waals surface area contributed by atoms with E-state index in [2.05, 4.69) is 29.1 Å².